The molecule has 0 saturated carbocycles. The maximum atomic E-state index is 10.5. The summed E-state index contributed by atoms with van der Waals surface area (Å²) in [6, 6.07) is 0. The van der Waals surface area contributed by atoms with Gasteiger partial charge in [0.15, 0.2) is 12.5 Å². The molecule has 0 aromatic carbocycles. The third kappa shape index (κ3) is 0.872. The second-order valence-electron chi connectivity index (χ2n) is 1.76. The van der Waals surface area contributed by atoms with Crippen LogP contribution in [-0.4, -0.2) is 5.27 Å². The minimum absolute atomic E-state index is 0.350. The molecule has 0 saturated heterocycles. The summed E-state index contributed by atoms with van der Waals surface area (Å²) in [5, 5.41) is 14.0. The fourth-order valence-electron chi connectivity index (χ4n) is 0.614. The minimum atomic E-state index is -0.350. The summed E-state index contributed by atoms with van der Waals surface area (Å²) in [6.45, 7) is 4.26. The molecule has 0 spiro atoms. The quantitative estimate of drug-likeness (QED) is 0.473. The van der Waals surface area contributed by atoms with Gasteiger partial charge in [-0.15, -0.1) is 0 Å². The summed E-state index contributed by atoms with van der Waals surface area (Å²) >= 11 is 0. The first kappa shape index (κ1) is 6.07. The molecule has 1 rings (SSSR count). The van der Waals surface area contributed by atoms with Gasteiger partial charge in [0.05, 0.1) is 5.27 Å². The van der Waals surface area contributed by atoms with Crippen LogP contribution in [-0.2, 0) is 6.54 Å². The maximum Gasteiger partial charge on any atom is 0.230 e. The molecule has 4 heteroatoms. The topological polar surface area (TPSA) is 53.0 Å². The van der Waals surface area contributed by atoms with Crippen molar-refractivity contribution >= 4 is 0 Å². The Morgan fingerprint density at radius 3 is 2.67 bits per heavy atom. The highest BCUT2D eigenvalue weighted by Crippen LogP contribution is 2.02. The van der Waals surface area contributed by atoms with Gasteiger partial charge in [0.2, 0.25) is 5.69 Å². The van der Waals surface area contributed by atoms with Crippen molar-refractivity contribution in [2.24, 2.45) is 0 Å². The summed E-state index contributed by atoms with van der Waals surface area (Å²) in [5.74, 6) is -0.350. The highest BCUT2D eigenvalue weighted by molar-refractivity contribution is 4.98. The standard InChI is InChI=1S/C5H8N2O2/c1-3-7-4(2)5(8)9-6-7/h3H2,1-2H3. The third-order valence-corrected chi connectivity index (χ3v) is 1.20. The smallest absolute Gasteiger partial charge is 0.230 e. The van der Waals surface area contributed by atoms with Crippen molar-refractivity contribution in [1.82, 2.24) is 5.27 Å². The average Bonchev–Trinajstić information content (AvgIpc) is 2.15. The van der Waals surface area contributed by atoms with E-state index in [2.05, 4.69) is 9.79 Å². The average molecular weight is 128 g/mol. The van der Waals surface area contributed by atoms with Gasteiger partial charge in [-0.1, -0.05) is 4.68 Å². The molecule has 0 aliphatic rings. The van der Waals surface area contributed by atoms with Gasteiger partial charge in [-0.2, -0.15) is 0 Å². The van der Waals surface area contributed by atoms with Crippen LogP contribution in [0.25, 0.3) is 0 Å². The van der Waals surface area contributed by atoms with E-state index < -0.39 is 0 Å². The first-order valence-electron chi connectivity index (χ1n) is 2.79. The van der Waals surface area contributed by atoms with E-state index in [1.165, 1.54) is 4.68 Å². The Balaban J connectivity index is 3.04. The molecule has 50 valence electrons. The maximum absolute atomic E-state index is 10.5. The van der Waals surface area contributed by atoms with Crippen molar-refractivity contribution in [2.75, 3.05) is 0 Å². The van der Waals surface area contributed by atoms with Crippen molar-refractivity contribution in [3.8, 4) is 5.95 Å². The van der Waals surface area contributed by atoms with Crippen LogP contribution in [0.5, 0.6) is 5.95 Å². The fraction of sp³-hybridized carbons (Fsp3) is 0.600. The molecule has 0 radical (unpaired) electrons. The van der Waals surface area contributed by atoms with Gasteiger partial charge in [-0.25, -0.2) is 0 Å². The van der Waals surface area contributed by atoms with Gasteiger partial charge in [0.1, 0.15) is 0 Å². The number of aryl methyl sites for hydroxylation is 1. The Kier molecular flexibility index (Phi) is 1.38. The van der Waals surface area contributed by atoms with Crippen LogP contribution in [0, 0.1) is 6.92 Å². The van der Waals surface area contributed by atoms with E-state index in [-0.39, 0.29) is 5.95 Å². The van der Waals surface area contributed by atoms with Crippen LogP contribution in [0.15, 0.2) is 4.52 Å². The lowest BCUT2D eigenvalue weighted by Gasteiger charge is -1.84. The molecule has 0 bridgehead atoms. The number of hydrogen-bond donors (Lipinski definition) is 0. The number of nitrogens with zero attached hydrogens (tertiary/aromatic N) is 2. The van der Waals surface area contributed by atoms with E-state index in [9.17, 15) is 5.11 Å². The fourth-order valence-corrected chi connectivity index (χ4v) is 0.614. The Labute approximate surface area is 52.7 Å². The van der Waals surface area contributed by atoms with Gasteiger partial charge >= 0.3 is 0 Å². The summed E-state index contributed by atoms with van der Waals surface area (Å²) in [7, 11) is 0. The summed E-state index contributed by atoms with van der Waals surface area (Å²) < 4.78 is 5.86. The molecule has 9 heavy (non-hydrogen) atoms. The molecule has 0 aliphatic carbocycles. The zero-order valence-corrected chi connectivity index (χ0v) is 5.42. The van der Waals surface area contributed by atoms with Crippen molar-refractivity contribution in [3.63, 3.8) is 0 Å². The summed E-state index contributed by atoms with van der Waals surface area (Å²) in [6.07, 6.45) is 0. The van der Waals surface area contributed by atoms with Crippen molar-refractivity contribution in [1.29, 1.82) is 0 Å². The van der Waals surface area contributed by atoms with E-state index in [1.807, 2.05) is 6.92 Å². The van der Waals surface area contributed by atoms with Crippen molar-refractivity contribution < 1.29 is 14.3 Å². The number of rotatable bonds is 1. The Bertz CT molecular complexity index is 207. The molecular formula is C5H8N2O2. The first-order chi connectivity index (χ1) is 4.25. The Hall–Kier alpha value is -1.06. The monoisotopic (exact) mass is 128 g/mol. The Morgan fingerprint density at radius 1 is 1.78 bits per heavy atom. The highest BCUT2D eigenvalue weighted by atomic mass is 16.6. The van der Waals surface area contributed by atoms with E-state index >= 15 is 0 Å². The predicted molar refractivity (Wildman–Crippen MR) is 26.6 cm³/mol. The molecule has 1 aromatic heterocycles. The molecular weight excluding hydrogens is 120 g/mol. The van der Waals surface area contributed by atoms with Crippen LogP contribution in [0.3, 0.4) is 0 Å². The lowest BCUT2D eigenvalue weighted by molar-refractivity contribution is -0.764. The largest absolute Gasteiger partial charge is 0.539 e. The Morgan fingerprint density at radius 2 is 2.44 bits per heavy atom. The van der Waals surface area contributed by atoms with Gasteiger partial charge in [-0.05, 0) is 6.92 Å². The highest BCUT2D eigenvalue weighted by Gasteiger charge is 2.07. The third-order valence-electron chi connectivity index (χ3n) is 1.20. The van der Waals surface area contributed by atoms with Gasteiger partial charge < -0.3 is 9.63 Å². The van der Waals surface area contributed by atoms with Crippen LogP contribution < -0.4 is 9.79 Å². The molecule has 0 fully saturated rings. The van der Waals surface area contributed by atoms with E-state index in [0.29, 0.717) is 12.2 Å². The normalized spacial score (nSPS) is 10.0. The minimum Gasteiger partial charge on any atom is -0.539 e. The molecule has 0 N–H and O–H groups in total. The molecule has 0 amide bonds. The SMILES string of the molecule is CC[n+]1noc([O-])c1C. The zero-order chi connectivity index (χ0) is 6.85. The van der Waals surface area contributed by atoms with E-state index in [4.69, 9.17) is 0 Å². The number of hydrogen-bond acceptors (Lipinski definition) is 3. The predicted octanol–water partition coefficient (Wildman–Crippen LogP) is -0.636. The van der Waals surface area contributed by atoms with Crippen LogP contribution in [0.1, 0.15) is 12.6 Å². The summed E-state index contributed by atoms with van der Waals surface area (Å²) in [5.41, 5.74) is 0.553. The van der Waals surface area contributed by atoms with Gasteiger partial charge in [0.25, 0.3) is 0 Å². The molecule has 0 unspecified atom stereocenters. The molecule has 1 heterocycles. The van der Waals surface area contributed by atoms with Crippen LogP contribution in [0.4, 0.5) is 0 Å². The lowest BCUT2D eigenvalue weighted by Crippen LogP contribution is -2.36. The molecule has 4 nitrogen and oxygen atoms in total. The van der Waals surface area contributed by atoms with Gasteiger partial charge in [0, 0.05) is 6.92 Å². The first-order valence-corrected chi connectivity index (χ1v) is 2.79. The lowest BCUT2D eigenvalue weighted by atomic mass is 10.5. The van der Waals surface area contributed by atoms with Crippen molar-refractivity contribution in [2.45, 2.75) is 20.4 Å². The second-order valence-corrected chi connectivity index (χ2v) is 1.76. The van der Waals surface area contributed by atoms with Crippen molar-refractivity contribution in [3.05, 3.63) is 5.69 Å². The second kappa shape index (κ2) is 2.05. The van der Waals surface area contributed by atoms with Gasteiger partial charge in [-0.3, -0.25) is 0 Å². The van der Waals surface area contributed by atoms with E-state index in [0.717, 1.165) is 0 Å². The van der Waals surface area contributed by atoms with Crippen LogP contribution >= 0.6 is 0 Å². The molecule has 1 aromatic rings. The molecule has 0 aliphatic heterocycles. The molecule has 0 atom stereocenters. The number of aromatic nitrogens is 2. The van der Waals surface area contributed by atoms with Crippen LogP contribution in [0.2, 0.25) is 0 Å². The summed E-state index contributed by atoms with van der Waals surface area (Å²) in [4.78, 5) is 0. The zero-order valence-electron chi connectivity index (χ0n) is 5.42. The van der Waals surface area contributed by atoms with E-state index in [1.54, 1.807) is 6.92 Å².